The van der Waals surface area contributed by atoms with E-state index >= 15 is 0 Å². The number of thioether (sulfide) groups is 1. The highest BCUT2D eigenvalue weighted by Gasteiger charge is 2.23. The first kappa shape index (κ1) is 9.84. The molecule has 76 valence electrons. The van der Waals surface area contributed by atoms with Gasteiger partial charge in [-0.05, 0) is 31.2 Å². The van der Waals surface area contributed by atoms with E-state index in [1.54, 1.807) is 0 Å². The summed E-state index contributed by atoms with van der Waals surface area (Å²) in [7, 11) is 0. The van der Waals surface area contributed by atoms with Crippen molar-refractivity contribution in [2.75, 3.05) is 11.1 Å². The van der Waals surface area contributed by atoms with E-state index in [0.29, 0.717) is 6.04 Å². The van der Waals surface area contributed by atoms with Crippen LogP contribution >= 0.6 is 11.8 Å². The van der Waals surface area contributed by atoms with Gasteiger partial charge in [0.1, 0.15) is 0 Å². The van der Waals surface area contributed by atoms with Crippen LogP contribution < -0.4 is 5.32 Å². The van der Waals surface area contributed by atoms with Crippen LogP contribution in [0.3, 0.4) is 0 Å². The number of hydrogen-bond donors (Lipinski definition) is 1. The van der Waals surface area contributed by atoms with Crippen LogP contribution in [0.25, 0.3) is 0 Å². The zero-order valence-electron chi connectivity index (χ0n) is 8.66. The average Bonchev–Trinajstić information content (AvgIpc) is 2.56. The first-order valence-corrected chi connectivity index (χ1v) is 6.12. The molecule has 2 atom stereocenters. The largest absolute Gasteiger partial charge is 0.380 e. The van der Waals surface area contributed by atoms with E-state index in [0.717, 1.165) is 10.9 Å². The number of anilines is 1. The zero-order valence-corrected chi connectivity index (χ0v) is 9.47. The van der Waals surface area contributed by atoms with Crippen molar-refractivity contribution in [2.45, 2.75) is 31.6 Å². The summed E-state index contributed by atoms with van der Waals surface area (Å²) in [5.41, 5.74) is 2.28. The Balaban J connectivity index is 2.07. The topological polar surface area (TPSA) is 24.9 Å². The average molecular weight is 208 g/mol. The van der Waals surface area contributed by atoms with Crippen molar-refractivity contribution in [1.29, 1.82) is 0 Å². The molecule has 0 saturated carbocycles. The summed E-state index contributed by atoms with van der Waals surface area (Å²) in [6, 6.07) is 4.71. The maximum absolute atomic E-state index is 4.28. The van der Waals surface area contributed by atoms with Crippen LogP contribution in [0.1, 0.15) is 19.0 Å². The van der Waals surface area contributed by atoms with Gasteiger partial charge in [0.25, 0.3) is 0 Å². The predicted molar refractivity (Wildman–Crippen MR) is 62.9 cm³/mol. The second kappa shape index (κ2) is 4.22. The summed E-state index contributed by atoms with van der Waals surface area (Å²) in [4.78, 5) is 4.28. The minimum absolute atomic E-state index is 0.614. The summed E-state index contributed by atoms with van der Waals surface area (Å²) in [6.45, 7) is 4.34. The molecular formula is C11H16N2S. The van der Waals surface area contributed by atoms with E-state index in [9.17, 15) is 0 Å². The predicted octanol–water partition coefficient (Wildman–Crippen LogP) is 2.70. The summed E-state index contributed by atoms with van der Waals surface area (Å²) in [6.07, 6.45) is 3.10. The van der Waals surface area contributed by atoms with Crippen molar-refractivity contribution >= 4 is 17.4 Å². The molecule has 0 radical (unpaired) electrons. The van der Waals surface area contributed by atoms with E-state index in [-0.39, 0.29) is 0 Å². The van der Waals surface area contributed by atoms with E-state index in [4.69, 9.17) is 0 Å². The third kappa shape index (κ3) is 2.03. The molecule has 1 saturated heterocycles. The van der Waals surface area contributed by atoms with Crippen molar-refractivity contribution < 1.29 is 0 Å². The van der Waals surface area contributed by atoms with Crippen molar-refractivity contribution in [3.05, 3.63) is 24.0 Å². The second-order valence-corrected chi connectivity index (χ2v) is 5.24. The number of nitrogens with zero attached hydrogens (tertiary/aromatic N) is 1. The summed E-state index contributed by atoms with van der Waals surface area (Å²) in [5.74, 6) is 1.28. The van der Waals surface area contributed by atoms with Gasteiger partial charge in [0, 0.05) is 17.5 Å². The van der Waals surface area contributed by atoms with Gasteiger partial charge in [-0.3, -0.25) is 4.98 Å². The lowest BCUT2D eigenvalue weighted by Crippen LogP contribution is -2.25. The fraction of sp³-hybridized carbons (Fsp3) is 0.545. The molecule has 0 bridgehead atoms. The minimum atomic E-state index is 0.614. The molecule has 1 aromatic heterocycles. The van der Waals surface area contributed by atoms with E-state index in [1.807, 2.05) is 24.0 Å². The quantitative estimate of drug-likeness (QED) is 0.809. The van der Waals surface area contributed by atoms with E-state index in [2.05, 4.69) is 30.2 Å². The fourth-order valence-electron chi connectivity index (χ4n) is 1.76. The Hall–Kier alpha value is -0.700. The van der Waals surface area contributed by atoms with Gasteiger partial charge < -0.3 is 5.32 Å². The molecule has 1 aliphatic rings. The van der Waals surface area contributed by atoms with Crippen LogP contribution in [-0.4, -0.2) is 22.0 Å². The van der Waals surface area contributed by atoms with Crippen molar-refractivity contribution in [3.8, 4) is 0 Å². The molecule has 2 unspecified atom stereocenters. The highest BCUT2D eigenvalue weighted by atomic mass is 32.2. The second-order valence-electron chi connectivity index (χ2n) is 3.75. The Morgan fingerprint density at radius 3 is 3.07 bits per heavy atom. The number of aryl methyl sites for hydroxylation is 1. The summed E-state index contributed by atoms with van der Waals surface area (Å²) < 4.78 is 0. The van der Waals surface area contributed by atoms with Gasteiger partial charge in [-0.2, -0.15) is 11.8 Å². The summed E-state index contributed by atoms with van der Waals surface area (Å²) >= 11 is 2.05. The Kier molecular flexibility index (Phi) is 2.96. The van der Waals surface area contributed by atoms with Crippen LogP contribution in [-0.2, 0) is 0 Å². The number of rotatable bonds is 2. The molecule has 1 aromatic rings. The maximum Gasteiger partial charge on any atom is 0.0603 e. The molecule has 2 nitrogen and oxygen atoms in total. The van der Waals surface area contributed by atoms with E-state index < -0.39 is 0 Å². The molecule has 1 aliphatic heterocycles. The molecule has 2 rings (SSSR count). The standard InChI is InChI=1S/C11H16N2S/c1-8-10(4-3-6-12-8)13-11-5-7-14-9(11)2/h3-4,6,9,11,13H,5,7H2,1-2H3. The molecular weight excluding hydrogens is 192 g/mol. The fourth-order valence-corrected chi connectivity index (χ4v) is 2.96. The third-order valence-corrected chi connectivity index (χ3v) is 4.05. The van der Waals surface area contributed by atoms with Gasteiger partial charge >= 0.3 is 0 Å². The smallest absolute Gasteiger partial charge is 0.0603 e. The Morgan fingerprint density at radius 1 is 1.57 bits per heavy atom. The first-order valence-electron chi connectivity index (χ1n) is 5.07. The van der Waals surface area contributed by atoms with Crippen LogP contribution in [0.4, 0.5) is 5.69 Å². The highest BCUT2D eigenvalue weighted by Crippen LogP contribution is 2.29. The summed E-state index contributed by atoms with van der Waals surface area (Å²) in [5, 5.41) is 4.29. The van der Waals surface area contributed by atoms with Crippen LogP contribution in [0.15, 0.2) is 18.3 Å². The van der Waals surface area contributed by atoms with Crippen molar-refractivity contribution in [2.24, 2.45) is 0 Å². The van der Waals surface area contributed by atoms with Gasteiger partial charge in [0.05, 0.1) is 11.4 Å². The molecule has 1 N–H and O–H groups in total. The zero-order chi connectivity index (χ0) is 9.97. The lowest BCUT2D eigenvalue weighted by Gasteiger charge is -2.18. The number of hydrogen-bond acceptors (Lipinski definition) is 3. The molecule has 0 spiro atoms. The van der Waals surface area contributed by atoms with E-state index in [1.165, 1.54) is 17.9 Å². The number of nitrogens with one attached hydrogen (secondary N) is 1. The van der Waals surface area contributed by atoms with Crippen molar-refractivity contribution in [3.63, 3.8) is 0 Å². The van der Waals surface area contributed by atoms with Crippen molar-refractivity contribution in [1.82, 2.24) is 4.98 Å². The lowest BCUT2D eigenvalue weighted by molar-refractivity contribution is 0.722. The monoisotopic (exact) mass is 208 g/mol. The van der Waals surface area contributed by atoms with Gasteiger partial charge in [-0.25, -0.2) is 0 Å². The molecule has 2 heterocycles. The minimum Gasteiger partial charge on any atom is -0.380 e. The maximum atomic E-state index is 4.28. The SMILES string of the molecule is Cc1ncccc1NC1CCSC1C. The number of pyridine rings is 1. The molecule has 0 aliphatic carbocycles. The Labute approximate surface area is 89.5 Å². The normalized spacial score (nSPS) is 26.4. The molecule has 3 heteroatoms. The first-order chi connectivity index (χ1) is 6.77. The highest BCUT2D eigenvalue weighted by molar-refractivity contribution is 8.00. The van der Waals surface area contributed by atoms with Gasteiger partial charge in [-0.1, -0.05) is 6.92 Å². The molecule has 14 heavy (non-hydrogen) atoms. The molecule has 1 fully saturated rings. The van der Waals surface area contributed by atoms with Crippen LogP contribution in [0.2, 0.25) is 0 Å². The molecule has 0 aromatic carbocycles. The van der Waals surface area contributed by atoms with Crippen LogP contribution in [0, 0.1) is 6.92 Å². The Bertz CT molecular complexity index is 314. The molecule has 0 amide bonds. The van der Waals surface area contributed by atoms with Crippen LogP contribution in [0.5, 0.6) is 0 Å². The number of aromatic nitrogens is 1. The van der Waals surface area contributed by atoms with Gasteiger partial charge in [-0.15, -0.1) is 0 Å². The lowest BCUT2D eigenvalue weighted by atomic mass is 10.1. The third-order valence-electron chi connectivity index (χ3n) is 2.72. The van der Waals surface area contributed by atoms with Gasteiger partial charge in [0.15, 0.2) is 0 Å². The Morgan fingerprint density at radius 2 is 2.43 bits per heavy atom. The van der Waals surface area contributed by atoms with Gasteiger partial charge in [0.2, 0.25) is 0 Å².